The molecule has 4 bridgehead atoms. The highest BCUT2D eigenvalue weighted by molar-refractivity contribution is 5.80. The van der Waals surface area contributed by atoms with Crippen LogP contribution in [0.1, 0.15) is 111 Å². The fourth-order valence-corrected chi connectivity index (χ4v) is 11.5. The van der Waals surface area contributed by atoms with Gasteiger partial charge in [-0.3, -0.25) is 24.1 Å². The predicted octanol–water partition coefficient (Wildman–Crippen LogP) is 4.82. The number of ether oxygens (including phenoxy) is 6. The van der Waals surface area contributed by atoms with E-state index in [9.17, 15) is 24.3 Å². The van der Waals surface area contributed by atoms with Crippen LogP contribution < -0.4 is 9.47 Å². The van der Waals surface area contributed by atoms with Gasteiger partial charge in [0.15, 0.2) is 17.6 Å². The van der Waals surface area contributed by atoms with Gasteiger partial charge in [0.2, 0.25) is 0 Å². The van der Waals surface area contributed by atoms with E-state index >= 15 is 0 Å². The first-order valence-electron chi connectivity index (χ1n) is 19.4. The van der Waals surface area contributed by atoms with Crippen molar-refractivity contribution in [1.29, 1.82) is 0 Å². The van der Waals surface area contributed by atoms with Gasteiger partial charge in [-0.05, 0) is 88.3 Å². The zero-order chi connectivity index (χ0) is 38.4. The summed E-state index contributed by atoms with van der Waals surface area (Å²) in [6, 6.07) is 4.20. The fourth-order valence-electron chi connectivity index (χ4n) is 11.5. The number of benzene rings is 1. The lowest BCUT2D eigenvalue weighted by atomic mass is 9.30. The van der Waals surface area contributed by atoms with Crippen LogP contribution in [0.15, 0.2) is 12.1 Å². The summed E-state index contributed by atoms with van der Waals surface area (Å²) < 4.78 is 35.4. The van der Waals surface area contributed by atoms with E-state index in [1.54, 1.807) is 7.11 Å². The van der Waals surface area contributed by atoms with Crippen LogP contribution in [0.5, 0.6) is 11.5 Å². The van der Waals surface area contributed by atoms with Crippen LogP contribution in [-0.4, -0.2) is 96.2 Å². The molecule has 1 aromatic carbocycles. The topological polar surface area (TPSA) is 147 Å². The van der Waals surface area contributed by atoms with Gasteiger partial charge in [-0.2, -0.15) is 0 Å². The number of fused-ring (bicyclic) bond motifs is 2. The lowest BCUT2D eigenvalue weighted by molar-refractivity contribution is -0.345. The third kappa shape index (κ3) is 5.62. The minimum Gasteiger partial charge on any atom is -0.479 e. The number of hydrogen-bond donors (Lipinski definition) is 1. The number of esters is 4. The zero-order valence-corrected chi connectivity index (χ0v) is 32.6. The van der Waals surface area contributed by atoms with Crippen molar-refractivity contribution in [2.45, 2.75) is 141 Å². The van der Waals surface area contributed by atoms with Crippen LogP contribution in [0.3, 0.4) is 0 Å². The summed E-state index contributed by atoms with van der Waals surface area (Å²) in [7, 11) is 1.77. The molecule has 1 unspecified atom stereocenters. The molecule has 7 atom stereocenters. The van der Waals surface area contributed by atoms with Crippen molar-refractivity contribution in [2.24, 2.45) is 22.7 Å². The van der Waals surface area contributed by atoms with Crippen LogP contribution in [0.2, 0.25) is 0 Å². The first-order valence-corrected chi connectivity index (χ1v) is 19.4. The standard InChI is InChI=1S/C41H57NO11/c1-24(43)49-22-28(23-50-25(2)44)51-32(45)13-14-33(46)52-29-12-11-27-19-31-39-15-16-41(48-8,30(20-39)37(6,47)36(3,4)5)38(7)40(39,34(27)35(29)53-38)17-18-42(31)21-26-9-10-26/h11-12,26,28,30-31,47H,9-10,13-23H2,1-8H3/t30-,31?,37+,38+,39-,40+,41-/m1/s1. The summed E-state index contributed by atoms with van der Waals surface area (Å²) in [5, 5.41) is 12.6. The van der Waals surface area contributed by atoms with E-state index in [-0.39, 0.29) is 43.4 Å². The molecule has 1 saturated heterocycles. The van der Waals surface area contributed by atoms with Crippen LogP contribution >= 0.6 is 0 Å². The van der Waals surface area contributed by atoms with E-state index < -0.39 is 57.6 Å². The maximum Gasteiger partial charge on any atom is 0.311 e. The van der Waals surface area contributed by atoms with E-state index in [0.717, 1.165) is 56.7 Å². The number of nitrogens with zero attached hydrogens (tertiary/aromatic N) is 1. The largest absolute Gasteiger partial charge is 0.479 e. The highest BCUT2D eigenvalue weighted by Gasteiger charge is 2.87. The molecule has 53 heavy (non-hydrogen) atoms. The van der Waals surface area contributed by atoms with Gasteiger partial charge in [-0.1, -0.05) is 26.8 Å². The van der Waals surface area contributed by atoms with E-state index in [1.807, 2.05) is 13.0 Å². The maximum absolute atomic E-state index is 13.4. The van der Waals surface area contributed by atoms with Gasteiger partial charge in [0, 0.05) is 50.4 Å². The number of hydrogen-bond acceptors (Lipinski definition) is 12. The molecule has 4 saturated carbocycles. The number of likely N-dealkylation sites (tertiary alicyclic amines) is 1. The van der Waals surface area contributed by atoms with E-state index in [1.165, 1.54) is 32.3 Å². The first-order chi connectivity index (χ1) is 24.9. The Hall–Kier alpha value is -3.22. The summed E-state index contributed by atoms with van der Waals surface area (Å²) in [5.41, 5.74) is -1.45. The average molecular weight is 740 g/mol. The highest BCUT2D eigenvalue weighted by atomic mass is 16.6. The molecule has 1 aromatic rings. The van der Waals surface area contributed by atoms with Gasteiger partial charge < -0.3 is 33.5 Å². The number of rotatable bonds is 13. The molecule has 1 N–H and O–H groups in total. The van der Waals surface area contributed by atoms with Crippen LogP contribution in [0, 0.1) is 22.7 Å². The zero-order valence-electron chi connectivity index (χ0n) is 32.6. The normalized spacial score (nSPS) is 33.4. The highest BCUT2D eigenvalue weighted by Crippen LogP contribution is 2.81. The Morgan fingerprint density at radius 2 is 1.64 bits per heavy atom. The van der Waals surface area contributed by atoms with E-state index in [2.05, 4.69) is 38.7 Å². The minimum absolute atomic E-state index is 0.186. The van der Waals surface area contributed by atoms with Crippen LogP contribution in [-0.2, 0) is 50.0 Å². The summed E-state index contributed by atoms with van der Waals surface area (Å²) in [5.74, 6) is -1.08. The molecule has 7 aliphatic rings. The van der Waals surface area contributed by atoms with Crippen molar-refractivity contribution in [3.05, 3.63) is 23.3 Å². The second-order valence-electron chi connectivity index (χ2n) is 18.0. The van der Waals surface area contributed by atoms with Crippen LogP contribution in [0.25, 0.3) is 0 Å². The summed E-state index contributed by atoms with van der Waals surface area (Å²) in [4.78, 5) is 51.6. The van der Waals surface area contributed by atoms with E-state index in [0.29, 0.717) is 11.5 Å². The van der Waals surface area contributed by atoms with Crippen molar-refractivity contribution < 1.29 is 52.7 Å². The quantitative estimate of drug-likeness (QED) is 0.168. The molecule has 0 radical (unpaired) electrons. The molecular weight excluding hydrogens is 682 g/mol. The maximum atomic E-state index is 13.4. The lowest BCUT2D eigenvalue weighted by Crippen LogP contribution is -2.87. The fraction of sp³-hybridized carbons (Fsp3) is 0.756. The molecule has 8 rings (SSSR count). The Balaban J connectivity index is 1.20. The van der Waals surface area contributed by atoms with Gasteiger partial charge in [0.1, 0.15) is 24.4 Å². The Labute approximate surface area is 312 Å². The third-order valence-electron chi connectivity index (χ3n) is 14.5. The van der Waals surface area contributed by atoms with Gasteiger partial charge in [-0.15, -0.1) is 0 Å². The minimum atomic E-state index is -1.08. The Kier molecular flexibility index (Phi) is 9.29. The second kappa shape index (κ2) is 12.9. The molecule has 12 nitrogen and oxygen atoms in total. The molecular formula is C41H57NO11. The predicted molar refractivity (Wildman–Crippen MR) is 191 cm³/mol. The monoisotopic (exact) mass is 739 g/mol. The second-order valence-corrected chi connectivity index (χ2v) is 18.0. The van der Waals surface area contributed by atoms with Crippen molar-refractivity contribution >= 4 is 23.9 Å². The summed E-state index contributed by atoms with van der Waals surface area (Å²) in [6.45, 7) is 14.4. The van der Waals surface area contributed by atoms with Crippen molar-refractivity contribution in [3.63, 3.8) is 0 Å². The Bertz CT molecular complexity index is 1660. The van der Waals surface area contributed by atoms with Gasteiger partial charge in [0.05, 0.1) is 23.9 Å². The Morgan fingerprint density at radius 1 is 0.981 bits per heavy atom. The molecule has 12 heteroatoms. The van der Waals surface area contributed by atoms with Crippen molar-refractivity contribution in [2.75, 3.05) is 33.4 Å². The van der Waals surface area contributed by atoms with Crippen LogP contribution in [0.4, 0.5) is 0 Å². The molecule has 0 aromatic heterocycles. The number of aliphatic hydroxyl groups is 1. The molecule has 5 aliphatic carbocycles. The first kappa shape index (κ1) is 38.1. The smallest absolute Gasteiger partial charge is 0.311 e. The SMILES string of the molecule is CO[C@]12CC[C@@]3(C[C@@H]1[C@](C)(O)C(C)(C)C)C1Cc4ccc(OC(=O)CCC(=O)OC(COC(C)=O)COC(C)=O)c5c4[C@@]3(CCN1CC1CC1)[C@]2(C)O5. The lowest BCUT2D eigenvalue weighted by Gasteiger charge is -2.78. The number of methoxy groups -OCH3 is 1. The number of carbonyl (C=O) groups is 4. The van der Waals surface area contributed by atoms with Crippen molar-refractivity contribution in [1.82, 2.24) is 4.90 Å². The molecule has 2 spiro atoms. The third-order valence-corrected chi connectivity index (χ3v) is 14.5. The molecule has 2 aliphatic heterocycles. The molecule has 5 fully saturated rings. The summed E-state index contributed by atoms with van der Waals surface area (Å²) >= 11 is 0. The molecule has 0 amide bonds. The number of piperidine rings is 1. The van der Waals surface area contributed by atoms with Gasteiger partial charge in [-0.25, -0.2) is 0 Å². The summed E-state index contributed by atoms with van der Waals surface area (Å²) in [6.07, 6.45) is 5.27. The molecule has 292 valence electrons. The molecule has 2 heterocycles. The van der Waals surface area contributed by atoms with Crippen molar-refractivity contribution in [3.8, 4) is 11.5 Å². The van der Waals surface area contributed by atoms with Gasteiger partial charge in [0.25, 0.3) is 0 Å². The van der Waals surface area contributed by atoms with E-state index in [4.69, 9.17) is 28.4 Å². The average Bonchev–Trinajstić information content (AvgIpc) is 3.85. The Morgan fingerprint density at radius 3 is 2.25 bits per heavy atom. The number of carbonyl (C=O) groups excluding carboxylic acids is 4. The van der Waals surface area contributed by atoms with Gasteiger partial charge >= 0.3 is 23.9 Å².